The van der Waals surface area contributed by atoms with Gasteiger partial charge in [-0.25, -0.2) is 0 Å². The first kappa shape index (κ1) is 21.2. The van der Waals surface area contributed by atoms with E-state index in [1.54, 1.807) is 0 Å². The van der Waals surface area contributed by atoms with Gasteiger partial charge < -0.3 is 10.4 Å². The molecular weight excluding hydrogens is 399 g/mol. The number of carbonyl (C=O) groups excluding carboxylic acids is 1. The van der Waals surface area contributed by atoms with Gasteiger partial charge in [-0.3, -0.25) is 14.9 Å². The lowest BCUT2D eigenvalue weighted by molar-refractivity contribution is -0.384. The van der Waals surface area contributed by atoms with Crippen molar-refractivity contribution in [1.82, 2.24) is 0 Å². The van der Waals surface area contributed by atoms with E-state index >= 15 is 0 Å². The highest BCUT2D eigenvalue weighted by atomic mass is 32.2. The van der Waals surface area contributed by atoms with Crippen LogP contribution in [0.15, 0.2) is 47.4 Å². The summed E-state index contributed by atoms with van der Waals surface area (Å²) in [6, 6.07) is 9.53. The highest BCUT2D eigenvalue weighted by molar-refractivity contribution is 7.99. The van der Waals surface area contributed by atoms with Gasteiger partial charge in [0.2, 0.25) is 0 Å². The predicted molar refractivity (Wildman–Crippen MR) is 94.6 cm³/mol. The lowest BCUT2D eigenvalue weighted by Crippen LogP contribution is -2.29. The van der Waals surface area contributed by atoms with Crippen molar-refractivity contribution in [2.75, 3.05) is 11.1 Å². The third kappa shape index (κ3) is 5.45. The van der Waals surface area contributed by atoms with Gasteiger partial charge in [-0.2, -0.15) is 18.4 Å². The van der Waals surface area contributed by atoms with Crippen LogP contribution in [0.4, 0.5) is 24.5 Å². The highest BCUT2D eigenvalue weighted by Gasteiger charge is 2.34. The molecule has 1 amide bonds. The highest BCUT2D eigenvalue weighted by Crippen LogP contribution is 2.33. The van der Waals surface area contributed by atoms with Crippen LogP contribution in [0.2, 0.25) is 0 Å². The lowest BCUT2D eigenvalue weighted by Gasteiger charge is -2.14. The third-order valence-corrected chi connectivity index (χ3v) is 4.56. The number of nitro benzene ring substituents is 1. The number of nitriles is 1. The number of non-ortho nitro benzene ring substituents is 1. The van der Waals surface area contributed by atoms with Gasteiger partial charge in [0.05, 0.1) is 22.1 Å². The van der Waals surface area contributed by atoms with Crippen LogP contribution >= 0.6 is 11.8 Å². The van der Waals surface area contributed by atoms with Crippen molar-refractivity contribution in [2.45, 2.75) is 17.2 Å². The summed E-state index contributed by atoms with van der Waals surface area (Å²) in [5.41, 5.74) is -2.10. The number of nitrogens with one attached hydrogen (secondary N) is 1. The molecule has 0 saturated heterocycles. The number of aliphatic hydroxyl groups excluding tert-OH is 1. The maximum Gasteiger partial charge on any atom is 0.417 e. The van der Waals surface area contributed by atoms with Crippen LogP contribution in [0.5, 0.6) is 0 Å². The zero-order valence-corrected chi connectivity index (χ0v) is 14.8. The molecule has 2 aromatic carbocycles. The van der Waals surface area contributed by atoms with Crippen molar-refractivity contribution >= 4 is 29.0 Å². The van der Waals surface area contributed by atoms with E-state index < -0.39 is 34.2 Å². The Morgan fingerprint density at radius 1 is 1.29 bits per heavy atom. The zero-order valence-electron chi connectivity index (χ0n) is 13.9. The molecule has 11 heteroatoms. The topological polar surface area (TPSA) is 116 Å². The van der Waals surface area contributed by atoms with Crippen molar-refractivity contribution in [3.05, 3.63) is 63.7 Å². The first-order valence-electron chi connectivity index (χ1n) is 7.59. The first-order valence-corrected chi connectivity index (χ1v) is 8.58. The monoisotopic (exact) mass is 411 g/mol. The summed E-state index contributed by atoms with van der Waals surface area (Å²) in [5.74, 6) is -1.04. The van der Waals surface area contributed by atoms with Crippen LogP contribution in [0.1, 0.15) is 11.1 Å². The molecule has 0 heterocycles. The van der Waals surface area contributed by atoms with Crippen LogP contribution in [0, 0.1) is 21.4 Å². The Labute approximate surface area is 160 Å². The second-order valence-corrected chi connectivity index (χ2v) is 6.53. The number of rotatable bonds is 6. The average molecular weight is 411 g/mol. The number of thioether (sulfide) groups is 1. The molecule has 0 aliphatic rings. The van der Waals surface area contributed by atoms with E-state index in [2.05, 4.69) is 5.32 Å². The maximum atomic E-state index is 12.9. The SMILES string of the molecule is N#Cc1ccc(NC(=O)[C@@H](O)CSc2ccc([N+](=O)[O-])cc2)cc1C(F)(F)F. The van der Waals surface area contributed by atoms with E-state index in [-0.39, 0.29) is 17.1 Å². The number of halogens is 3. The summed E-state index contributed by atoms with van der Waals surface area (Å²) in [6.07, 6.45) is -6.30. The standard InChI is InChI=1S/C17H12F3N3O4S/c18-17(19,20)14-7-11(2-1-10(14)8-21)22-16(25)15(24)9-28-13-5-3-12(4-6-13)23(26)27/h1-7,15,24H,9H2,(H,22,25)/t15-/m0/s1. The number of alkyl halides is 3. The molecule has 0 spiro atoms. The number of amides is 1. The lowest BCUT2D eigenvalue weighted by atomic mass is 10.1. The number of nitrogens with zero attached hydrogens (tertiary/aromatic N) is 2. The van der Waals surface area contributed by atoms with Crippen LogP contribution in [-0.2, 0) is 11.0 Å². The van der Waals surface area contributed by atoms with Crippen LogP contribution in [-0.4, -0.2) is 27.8 Å². The van der Waals surface area contributed by atoms with E-state index in [4.69, 9.17) is 5.26 Å². The summed E-state index contributed by atoms with van der Waals surface area (Å²) in [4.78, 5) is 22.6. The van der Waals surface area contributed by atoms with Gasteiger partial charge in [0.1, 0.15) is 6.10 Å². The Bertz CT molecular complexity index is 927. The van der Waals surface area contributed by atoms with E-state index in [0.29, 0.717) is 11.0 Å². The van der Waals surface area contributed by atoms with Gasteiger partial charge in [-0.1, -0.05) is 0 Å². The molecule has 2 aromatic rings. The normalized spacial score (nSPS) is 12.1. The van der Waals surface area contributed by atoms with Crippen molar-refractivity contribution in [3.63, 3.8) is 0 Å². The smallest absolute Gasteiger partial charge is 0.382 e. The summed E-state index contributed by atoms with van der Waals surface area (Å²) in [7, 11) is 0. The summed E-state index contributed by atoms with van der Waals surface area (Å²) in [5, 5.41) is 31.4. The van der Waals surface area contributed by atoms with Gasteiger partial charge >= 0.3 is 6.18 Å². The molecule has 1 atom stereocenters. The molecule has 0 aromatic heterocycles. The predicted octanol–water partition coefficient (Wildman–Crippen LogP) is 3.58. The van der Waals surface area contributed by atoms with Crippen LogP contribution in [0.3, 0.4) is 0 Å². The zero-order chi connectivity index (χ0) is 20.9. The number of hydrogen-bond acceptors (Lipinski definition) is 6. The van der Waals surface area contributed by atoms with Gasteiger partial charge in [-0.15, -0.1) is 11.8 Å². The van der Waals surface area contributed by atoms with Crippen LogP contribution < -0.4 is 5.32 Å². The third-order valence-electron chi connectivity index (χ3n) is 3.47. The fraction of sp³-hybridized carbons (Fsp3) is 0.176. The molecule has 28 heavy (non-hydrogen) atoms. The van der Waals surface area contributed by atoms with Crippen LogP contribution in [0.25, 0.3) is 0 Å². The number of carbonyl (C=O) groups is 1. The summed E-state index contributed by atoms with van der Waals surface area (Å²) < 4.78 is 38.8. The van der Waals surface area contributed by atoms with E-state index in [1.807, 2.05) is 0 Å². The minimum absolute atomic E-state index is 0.107. The van der Waals surface area contributed by atoms with Crippen molar-refractivity contribution in [1.29, 1.82) is 5.26 Å². The second-order valence-electron chi connectivity index (χ2n) is 5.44. The summed E-state index contributed by atoms with van der Waals surface area (Å²) >= 11 is 1.04. The fourth-order valence-electron chi connectivity index (χ4n) is 2.09. The molecule has 0 radical (unpaired) electrons. The van der Waals surface area contributed by atoms with Crippen molar-refractivity contribution in [2.24, 2.45) is 0 Å². The second kappa shape index (κ2) is 8.73. The Hall–Kier alpha value is -3.10. The average Bonchev–Trinajstić information content (AvgIpc) is 2.65. The molecule has 0 aliphatic carbocycles. The maximum absolute atomic E-state index is 12.9. The van der Waals surface area contributed by atoms with Gasteiger partial charge in [0, 0.05) is 28.5 Å². The van der Waals surface area contributed by atoms with Gasteiger partial charge in [-0.05, 0) is 30.3 Å². The summed E-state index contributed by atoms with van der Waals surface area (Å²) in [6.45, 7) is 0. The molecule has 0 bridgehead atoms. The largest absolute Gasteiger partial charge is 0.417 e. The van der Waals surface area contributed by atoms with E-state index in [1.165, 1.54) is 30.3 Å². The van der Waals surface area contributed by atoms with Crippen molar-refractivity contribution < 1.29 is 28.0 Å². The number of benzene rings is 2. The Balaban J connectivity index is 2.00. The molecule has 0 saturated carbocycles. The molecule has 146 valence electrons. The number of anilines is 1. The first-order chi connectivity index (χ1) is 13.1. The molecule has 2 rings (SSSR count). The van der Waals surface area contributed by atoms with Gasteiger partial charge in [0.15, 0.2) is 0 Å². The number of nitro groups is 1. The Kier molecular flexibility index (Phi) is 6.61. The van der Waals surface area contributed by atoms with Gasteiger partial charge in [0.25, 0.3) is 11.6 Å². The van der Waals surface area contributed by atoms with Crippen molar-refractivity contribution in [3.8, 4) is 6.07 Å². The van der Waals surface area contributed by atoms with E-state index in [0.717, 1.165) is 23.9 Å². The fourth-order valence-corrected chi connectivity index (χ4v) is 2.92. The molecular formula is C17H12F3N3O4S. The minimum Gasteiger partial charge on any atom is -0.382 e. The number of aliphatic hydroxyl groups is 1. The molecule has 2 N–H and O–H groups in total. The quantitative estimate of drug-likeness (QED) is 0.426. The minimum atomic E-state index is -4.77. The molecule has 0 fully saturated rings. The number of hydrogen-bond donors (Lipinski definition) is 2. The molecule has 0 aliphatic heterocycles. The van der Waals surface area contributed by atoms with E-state index in [9.17, 15) is 33.2 Å². The molecule has 7 nitrogen and oxygen atoms in total. The molecule has 0 unspecified atom stereocenters. The Morgan fingerprint density at radius 3 is 2.46 bits per heavy atom. The Morgan fingerprint density at radius 2 is 1.93 bits per heavy atom.